The molecule has 0 aliphatic heterocycles. The third-order valence-electron chi connectivity index (χ3n) is 10.6. The van der Waals surface area contributed by atoms with Gasteiger partial charge in [-0.15, -0.1) is 0 Å². The first-order valence-corrected chi connectivity index (χ1v) is 18.4. The minimum absolute atomic E-state index is 0.942. The Morgan fingerprint density at radius 2 is 0.759 bits per heavy atom. The molecule has 0 saturated carbocycles. The normalized spacial score (nSPS) is 11.3. The second-order valence-electron chi connectivity index (χ2n) is 13.8. The molecule has 0 saturated heterocycles. The number of nitrogens with zero attached hydrogens (tertiary/aromatic N) is 2. The summed E-state index contributed by atoms with van der Waals surface area (Å²) < 4.78 is 0. The highest BCUT2D eigenvalue weighted by molar-refractivity contribution is 6.16. The Morgan fingerprint density at radius 3 is 1.39 bits per heavy atom. The van der Waals surface area contributed by atoms with Crippen LogP contribution in [0.3, 0.4) is 0 Å². The van der Waals surface area contributed by atoms with Gasteiger partial charge in [-0.3, -0.25) is 4.98 Å². The number of hydrogen-bond donors (Lipinski definition) is 0. The summed E-state index contributed by atoms with van der Waals surface area (Å²) in [4.78, 5) is 10.2. The average Bonchev–Trinajstić information content (AvgIpc) is 3.26. The van der Waals surface area contributed by atoms with Crippen LogP contribution in [0.5, 0.6) is 0 Å². The Labute approximate surface area is 314 Å². The van der Waals surface area contributed by atoms with E-state index >= 15 is 0 Å². The van der Waals surface area contributed by atoms with Crippen molar-refractivity contribution in [3.63, 3.8) is 0 Å². The number of fused-ring (bicyclic) bond motifs is 4. The van der Waals surface area contributed by atoms with Gasteiger partial charge in [0, 0.05) is 33.5 Å². The predicted molar refractivity (Wildman–Crippen MR) is 227 cm³/mol. The monoisotopic (exact) mass is 686 g/mol. The van der Waals surface area contributed by atoms with Crippen LogP contribution in [0.25, 0.3) is 99.5 Å². The summed E-state index contributed by atoms with van der Waals surface area (Å²) in [5, 5.41) is 4.59. The lowest BCUT2D eigenvalue weighted by Crippen LogP contribution is -1.94. The maximum Gasteiger partial charge on any atom is 0.0794 e. The van der Waals surface area contributed by atoms with Gasteiger partial charge in [-0.05, 0) is 73.7 Å². The maximum absolute atomic E-state index is 5.45. The van der Waals surface area contributed by atoms with E-state index in [1.165, 1.54) is 38.8 Å². The zero-order chi connectivity index (χ0) is 35.8. The fourth-order valence-corrected chi connectivity index (χ4v) is 7.78. The number of aromatic nitrogens is 2. The molecule has 0 unspecified atom stereocenters. The molecule has 0 aliphatic carbocycles. The maximum atomic E-state index is 5.45. The van der Waals surface area contributed by atoms with Gasteiger partial charge in [0.2, 0.25) is 0 Å². The van der Waals surface area contributed by atoms with Gasteiger partial charge in [-0.2, -0.15) is 0 Å². The Bertz CT molecular complexity index is 2930. The Kier molecular flexibility index (Phi) is 7.85. The zero-order valence-corrected chi connectivity index (χ0v) is 29.5. The van der Waals surface area contributed by atoms with E-state index in [-0.39, 0.29) is 0 Å². The summed E-state index contributed by atoms with van der Waals surface area (Å²) in [6.07, 6.45) is 1.86. The summed E-state index contributed by atoms with van der Waals surface area (Å²) >= 11 is 0. The van der Waals surface area contributed by atoms with Crippen molar-refractivity contribution in [3.8, 4) is 66.9 Å². The molecule has 0 spiro atoms. The lowest BCUT2D eigenvalue weighted by Gasteiger charge is -2.16. The van der Waals surface area contributed by atoms with Crippen LogP contribution in [0.2, 0.25) is 0 Å². The number of para-hydroxylation sites is 1. The molecule has 0 fully saturated rings. The first-order chi connectivity index (χ1) is 26.8. The van der Waals surface area contributed by atoms with Crippen LogP contribution in [-0.2, 0) is 0 Å². The van der Waals surface area contributed by atoms with Crippen LogP contribution >= 0.6 is 0 Å². The van der Waals surface area contributed by atoms with Gasteiger partial charge in [0.15, 0.2) is 0 Å². The summed E-state index contributed by atoms with van der Waals surface area (Å²) in [5.41, 5.74) is 15.8. The second kappa shape index (κ2) is 13.4. The molecule has 10 rings (SSSR count). The molecule has 0 atom stereocenters. The van der Waals surface area contributed by atoms with Crippen LogP contribution in [0, 0.1) is 0 Å². The molecule has 252 valence electrons. The molecule has 0 N–H and O–H groups in total. The molecular weight excluding hydrogens is 653 g/mol. The van der Waals surface area contributed by atoms with Gasteiger partial charge in [0.05, 0.1) is 16.7 Å². The van der Waals surface area contributed by atoms with Crippen LogP contribution < -0.4 is 0 Å². The van der Waals surface area contributed by atoms with E-state index in [9.17, 15) is 0 Å². The Hall–Kier alpha value is -7.16. The van der Waals surface area contributed by atoms with Gasteiger partial charge >= 0.3 is 0 Å². The Morgan fingerprint density at radius 1 is 0.278 bits per heavy atom. The highest BCUT2D eigenvalue weighted by Crippen LogP contribution is 2.41. The number of hydrogen-bond acceptors (Lipinski definition) is 2. The van der Waals surface area contributed by atoms with Crippen molar-refractivity contribution in [2.45, 2.75) is 0 Å². The molecule has 0 bridgehead atoms. The summed E-state index contributed by atoms with van der Waals surface area (Å²) in [6, 6.07) is 71.6. The average molecular weight is 687 g/mol. The van der Waals surface area contributed by atoms with Crippen LogP contribution in [0.4, 0.5) is 0 Å². The van der Waals surface area contributed by atoms with Gasteiger partial charge in [0.1, 0.15) is 0 Å². The molecule has 10 aromatic rings. The zero-order valence-electron chi connectivity index (χ0n) is 29.5. The van der Waals surface area contributed by atoms with E-state index in [4.69, 9.17) is 9.97 Å². The molecule has 0 amide bonds. The van der Waals surface area contributed by atoms with Crippen molar-refractivity contribution in [1.29, 1.82) is 0 Å². The molecule has 2 aromatic heterocycles. The van der Waals surface area contributed by atoms with Gasteiger partial charge in [-0.1, -0.05) is 182 Å². The lowest BCUT2D eigenvalue weighted by atomic mass is 9.90. The smallest absolute Gasteiger partial charge is 0.0794 e. The van der Waals surface area contributed by atoms with E-state index < -0.39 is 0 Å². The minimum atomic E-state index is 0.942. The highest BCUT2D eigenvalue weighted by atomic mass is 14.7. The van der Waals surface area contributed by atoms with E-state index in [2.05, 4.69) is 194 Å². The van der Waals surface area contributed by atoms with E-state index in [1.54, 1.807) is 0 Å². The molecule has 0 aliphatic rings. The molecule has 2 heterocycles. The number of rotatable bonds is 6. The first-order valence-electron chi connectivity index (χ1n) is 18.4. The van der Waals surface area contributed by atoms with Crippen molar-refractivity contribution in [2.75, 3.05) is 0 Å². The van der Waals surface area contributed by atoms with Gasteiger partial charge in [-0.25, -0.2) is 4.98 Å². The third kappa shape index (κ3) is 5.71. The van der Waals surface area contributed by atoms with E-state index in [0.29, 0.717) is 0 Å². The first kappa shape index (κ1) is 31.6. The molecule has 2 nitrogen and oxygen atoms in total. The lowest BCUT2D eigenvalue weighted by molar-refractivity contribution is 1.40. The summed E-state index contributed by atoms with van der Waals surface area (Å²) in [7, 11) is 0. The fraction of sp³-hybridized carbons (Fsp3) is 0. The van der Waals surface area contributed by atoms with Crippen molar-refractivity contribution in [1.82, 2.24) is 9.97 Å². The van der Waals surface area contributed by atoms with Crippen LogP contribution in [0.15, 0.2) is 206 Å². The van der Waals surface area contributed by atoms with Crippen molar-refractivity contribution in [2.24, 2.45) is 0 Å². The standard InChI is InChI=1S/C52H34N2/c1-3-11-35(12-4-1)37-20-24-40(25-21-37)47-33-49-48(41-26-22-38(23-27-41)36-13-5-2-6-14-36)34-50(54-52(49)46-18-8-7-17-45(46)47)42-30-28-39(29-31-42)44-19-9-15-43-16-10-32-53-51(43)44/h1-34H. The number of benzene rings is 8. The molecule has 0 radical (unpaired) electrons. The van der Waals surface area contributed by atoms with Crippen molar-refractivity contribution < 1.29 is 0 Å². The topological polar surface area (TPSA) is 25.8 Å². The van der Waals surface area contributed by atoms with E-state index in [0.717, 1.165) is 60.7 Å². The fourth-order valence-electron chi connectivity index (χ4n) is 7.78. The molecular formula is C52H34N2. The number of pyridine rings is 2. The van der Waals surface area contributed by atoms with Crippen molar-refractivity contribution in [3.05, 3.63) is 206 Å². The van der Waals surface area contributed by atoms with E-state index in [1.807, 2.05) is 12.3 Å². The molecule has 8 aromatic carbocycles. The Balaban J connectivity index is 1.15. The molecule has 54 heavy (non-hydrogen) atoms. The predicted octanol–water partition coefficient (Wildman–Crippen LogP) is 13.9. The highest BCUT2D eigenvalue weighted by Gasteiger charge is 2.17. The van der Waals surface area contributed by atoms with Crippen LogP contribution in [-0.4, -0.2) is 9.97 Å². The second-order valence-corrected chi connectivity index (χ2v) is 13.8. The SMILES string of the molecule is c1ccc(-c2ccc(-c3cc4c(-c5ccc(-c6ccccc6)cc5)cc(-c5ccc(-c6cccc7cccnc67)cc5)nc4c4ccccc34)cc2)cc1. The quantitative estimate of drug-likeness (QED) is 0.163. The van der Waals surface area contributed by atoms with Gasteiger partial charge in [0.25, 0.3) is 0 Å². The summed E-state index contributed by atoms with van der Waals surface area (Å²) in [6.45, 7) is 0. The summed E-state index contributed by atoms with van der Waals surface area (Å²) in [5.74, 6) is 0. The van der Waals surface area contributed by atoms with Crippen LogP contribution in [0.1, 0.15) is 0 Å². The molecule has 2 heteroatoms. The minimum Gasteiger partial charge on any atom is -0.256 e. The van der Waals surface area contributed by atoms with Gasteiger partial charge < -0.3 is 0 Å². The third-order valence-corrected chi connectivity index (χ3v) is 10.6. The largest absolute Gasteiger partial charge is 0.256 e. The van der Waals surface area contributed by atoms with Crippen molar-refractivity contribution >= 4 is 32.6 Å².